The molecule has 0 atom stereocenters. The number of amides is 1. The van der Waals surface area contributed by atoms with Crippen LogP contribution in [0.15, 0.2) is 0 Å². The van der Waals surface area contributed by atoms with Gasteiger partial charge in [-0.1, -0.05) is 0 Å². The molecule has 0 aromatic rings. The average Bonchev–Trinajstić information content (AvgIpc) is 2.31. The average molecular weight is 250 g/mol. The van der Waals surface area contributed by atoms with Gasteiger partial charge >= 0.3 is 0 Å². The standard InChI is InChI=1S/C15H26N2O/c1-17(2)15(18)9-16-8-14-12-4-10-3-11(6-12)7-13(14)5-10/h10-14,16H,3-9H2,1-2H3. The highest BCUT2D eigenvalue weighted by atomic mass is 16.2. The molecule has 0 radical (unpaired) electrons. The minimum atomic E-state index is 0.193. The first-order valence-corrected chi connectivity index (χ1v) is 7.54. The molecule has 0 unspecified atom stereocenters. The Bertz CT molecular complexity index is 298. The molecule has 0 spiro atoms. The molecule has 4 fully saturated rings. The SMILES string of the molecule is CN(C)C(=O)CNCC1C2CC3CC(C2)CC1C3. The molecule has 18 heavy (non-hydrogen) atoms. The Labute approximate surface area is 110 Å². The Balaban J connectivity index is 1.50. The van der Waals surface area contributed by atoms with E-state index in [1.165, 1.54) is 32.1 Å². The van der Waals surface area contributed by atoms with Crippen LogP contribution < -0.4 is 5.32 Å². The fourth-order valence-electron chi connectivity index (χ4n) is 4.88. The highest BCUT2D eigenvalue weighted by Crippen LogP contribution is 2.56. The van der Waals surface area contributed by atoms with Crippen molar-refractivity contribution in [1.82, 2.24) is 10.2 Å². The van der Waals surface area contributed by atoms with Crippen LogP contribution in [0.3, 0.4) is 0 Å². The van der Waals surface area contributed by atoms with Gasteiger partial charge in [0.15, 0.2) is 0 Å². The maximum Gasteiger partial charge on any atom is 0.236 e. The van der Waals surface area contributed by atoms with Gasteiger partial charge in [0.05, 0.1) is 6.54 Å². The summed E-state index contributed by atoms with van der Waals surface area (Å²) in [6.45, 7) is 1.57. The summed E-state index contributed by atoms with van der Waals surface area (Å²) in [6, 6.07) is 0. The zero-order valence-electron chi connectivity index (χ0n) is 11.7. The number of carbonyl (C=O) groups excluding carboxylic acids is 1. The first-order chi connectivity index (χ1) is 8.63. The summed E-state index contributed by atoms with van der Waals surface area (Å²) in [7, 11) is 3.65. The molecule has 3 heteroatoms. The number of likely N-dealkylation sites (N-methyl/N-ethyl adjacent to an activating group) is 1. The third-order valence-corrected chi connectivity index (χ3v) is 5.58. The van der Waals surface area contributed by atoms with E-state index in [1.54, 1.807) is 4.90 Å². The van der Waals surface area contributed by atoms with E-state index in [9.17, 15) is 4.79 Å². The number of rotatable bonds is 4. The smallest absolute Gasteiger partial charge is 0.236 e. The highest BCUT2D eigenvalue weighted by molar-refractivity contribution is 5.77. The van der Waals surface area contributed by atoms with Gasteiger partial charge in [0.25, 0.3) is 0 Å². The summed E-state index contributed by atoms with van der Waals surface area (Å²) >= 11 is 0. The lowest BCUT2D eigenvalue weighted by molar-refractivity contribution is -0.127. The zero-order valence-corrected chi connectivity index (χ0v) is 11.7. The Hall–Kier alpha value is -0.570. The molecule has 0 aromatic heterocycles. The summed E-state index contributed by atoms with van der Waals surface area (Å²) < 4.78 is 0. The first-order valence-electron chi connectivity index (χ1n) is 7.54. The molecule has 4 aliphatic rings. The van der Waals surface area contributed by atoms with Crippen molar-refractivity contribution in [2.24, 2.45) is 29.6 Å². The van der Waals surface area contributed by atoms with E-state index in [2.05, 4.69) is 5.32 Å². The topological polar surface area (TPSA) is 32.3 Å². The van der Waals surface area contributed by atoms with E-state index in [4.69, 9.17) is 0 Å². The van der Waals surface area contributed by atoms with E-state index >= 15 is 0 Å². The molecule has 0 heterocycles. The minimum Gasteiger partial charge on any atom is -0.348 e. The lowest BCUT2D eigenvalue weighted by atomic mass is 9.52. The van der Waals surface area contributed by atoms with Gasteiger partial charge < -0.3 is 10.2 Å². The highest BCUT2D eigenvalue weighted by Gasteiger charge is 2.47. The zero-order chi connectivity index (χ0) is 12.7. The molecule has 102 valence electrons. The van der Waals surface area contributed by atoms with Crippen LogP contribution in [0.2, 0.25) is 0 Å². The van der Waals surface area contributed by atoms with Crippen LogP contribution in [0.5, 0.6) is 0 Å². The molecule has 3 nitrogen and oxygen atoms in total. The summed E-state index contributed by atoms with van der Waals surface area (Å²) in [4.78, 5) is 13.2. The summed E-state index contributed by atoms with van der Waals surface area (Å²) in [5.74, 6) is 5.07. The molecule has 1 amide bonds. The van der Waals surface area contributed by atoms with Crippen LogP contribution >= 0.6 is 0 Å². The number of carbonyl (C=O) groups is 1. The van der Waals surface area contributed by atoms with Gasteiger partial charge in [0.2, 0.25) is 5.91 Å². The van der Waals surface area contributed by atoms with Gasteiger partial charge in [0, 0.05) is 14.1 Å². The van der Waals surface area contributed by atoms with E-state index in [1.807, 2.05) is 14.1 Å². The van der Waals surface area contributed by atoms with Crippen molar-refractivity contribution < 1.29 is 4.79 Å². The van der Waals surface area contributed by atoms with Crippen LogP contribution in [-0.2, 0) is 4.79 Å². The molecule has 0 saturated heterocycles. The molecule has 0 aromatic carbocycles. The van der Waals surface area contributed by atoms with Crippen LogP contribution in [0.1, 0.15) is 32.1 Å². The van der Waals surface area contributed by atoms with E-state index in [0.717, 1.165) is 36.1 Å². The monoisotopic (exact) mass is 250 g/mol. The van der Waals surface area contributed by atoms with Crippen molar-refractivity contribution in [3.8, 4) is 0 Å². The van der Waals surface area contributed by atoms with Crippen molar-refractivity contribution >= 4 is 5.91 Å². The maximum absolute atomic E-state index is 11.6. The third kappa shape index (κ3) is 2.29. The van der Waals surface area contributed by atoms with Gasteiger partial charge in [-0.2, -0.15) is 0 Å². The number of nitrogens with one attached hydrogen (secondary N) is 1. The normalized spacial score (nSPS) is 41.1. The van der Waals surface area contributed by atoms with Crippen molar-refractivity contribution in [3.63, 3.8) is 0 Å². The number of hydrogen-bond acceptors (Lipinski definition) is 2. The van der Waals surface area contributed by atoms with Gasteiger partial charge in [0.1, 0.15) is 0 Å². The predicted molar refractivity (Wildman–Crippen MR) is 72.1 cm³/mol. The van der Waals surface area contributed by atoms with Crippen LogP contribution in [0.25, 0.3) is 0 Å². The van der Waals surface area contributed by atoms with Crippen LogP contribution in [-0.4, -0.2) is 38.0 Å². The van der Waals surface area contributed by atoms with Gasteiger partial charge in [-0.15, -0.1) is 0 Å². The van der Waals surface area contributed by atoms with Crippen molar-refractivity contribution in [3.05, 3.63) is 0 Å². The second-order valence-corrected chi connectivity index (χ2v) is 7.01. The molecule has 0 aliphatic heterocycles. The predicted octanol–water partition coefficient (Wildman–Crippen LogP) is 1.74. The van der Waals surface area contributed by atoms with Gasteiger partial charge in [-0.25, -0.2) is 0 Å². The number of nitrogens with zero attached hydrogens (tertiary/aromatic N) is 1. The molecule has 4 saturated carbocycles. The largest absolute Gasteiger partial charge is 0.348 e. The van der Waals surface area contributed by atoms with Crippen LogP contribution in [0, 0.1) is 29.6 Å². The molecule has 4 bridgehead atoms. The van der Waals surface area contributed by atoms with Gasteiger partial charge in [-0.05, 0) is 68.2 Å². The Morgan fingerprint density at radius 1 is 1.06 bits per heavy atom. The fourth-order valence-corrected chi connectivity index (χ4v) is 4.88. The fraction of sp³-hybridized carbons (Fsp3) is 0.933. The summed E-state index contributed by atoms with van der Waals surface area (Å²) in [5.41, 5.74) is 0. The lowest BCUT2D eigenvalue weighted by Crippen LogP contribution is -2.49. The molecular weight excluding hydrogens is 224 g/mol. The third-order valence-electron chi connectivity index (χ3n) is 5.58. The van der Waals surface area contributed by atoms with Crippen LogP contribution in [0.4, 0.5) is 0 Å². The number of hydrogen-bond donors (Lipinski definition) is 1. The molecular formula is C15H26N2O. The Morgan fingerprint density at radius 3 is 2.11 bits per heavy atom. The van der Waals surface area contributed by atoms with Crippen molar-refractivity contribution in [2.75, 3.05) is 27.2 Å². The van der Waals surface area contributed by atoms with Crippen molar-refractivity contribution in [2.45, 2.75) is 32.1 Å². The Kier molecular flexibility index (Phi) is 3.35. The van der Waals surface area contributed by atoms with Gasteiger partial charge in [-0.3, -0.25) is 4.79 Å². The van der Waals surface area contributed by atoms with E-state index < -0.39 is 0 Å². The summed E-state index contributed by atoms with van der Waals surface area (Å²) in [6.07, 6.45) is 7.41. The quantitative estimate of drug-likeness (QED) is 0.824. The van der Waals surface area contributed by atoms with Crippen molar-refractivity contribution in [1.29, 1.82) is 0 Å². The molecule has 4 rings (SSSR count). The maximum atomic E-state index is 11.6. The minimum absolute atomic E-state index is 0.193. The second kappa shape index (κ2) is 4.84. The lowest BCUT2D eigenvalue weighted by Gasteiger charge is -2.54. The van der Waals surface area contributed by atoms with E-state index in [-0.39, 0.29) is 5.91 Å². The summed E-state index contributed by atoms with van der Waals surface area (Å²) in [5, 5.41) is 3.40. The second-order valence-electron chi connectivity index (χ2n) is 7.01. The van der Waals surface area contributed by atoms with E-state index in [0.29, 0.717) is 6.54 Å². The molecule has 4 aliphatic carbocycles. The first kappa shape index (κ1) is 12.5. The molecule has 1 N–H and O–H groups in total. The Morgan fingerprint density at radius 2 is 1.61 bits per heavy atom.